The van der Waals surface area contributed by atoms with Crippen molar-refractivity contribution in [3.05, 3.63) is 35.9 Å². The summed E-state index contributed by atoms with van der Waals surface area (Å²) in [6, 6.07) is 10.2. The van der Waals surface area contributed by atoms with Gasteiger partial charge in [0.1, 0.15) is 0 Å². The minimum Gasteiger partial charge on any atom is -0.311 e. The lowest BCUT2D eigenvalue weighted by Gasteiger charge is -2.35. The molecule has 2 saturated heterocycles. The van der Waals surface area contributed by atoms with E-state index in [-0.39, 0.29) is 18.9 Å². The molecule has 0 unspecified atom stereocenters. The highest BCUT2D eigenvalue weighted by molar-refractivity contribution is 6.01. The Hall–Kier alpha value is -2.37. The van der Waals surface area contributed by atoms with Crippen LogP contribution in [-0.4, -0.2) is 40.5 Å². The van der Waals surface area contributed by atoms with Crippen molar-refractivity contribution in [1.29, 1.82) is 0 Å². The highest BCUT2D eigenvalue weighted by atomic mass is 16.7. The number of amides is 3. The topological polar surface area (TPSA) is 66.9 Å². The molecule has 0 saturated carbocycles. The fourth-order valence-corrected chi connectivity index (χ4v) is 3.31. The Bertz CT molecular complexity index is 601. The zero-order chi connectivity index (χ0) is 16.9. The number of imide groups is 1. The van der Waals surface area contributed by atoms with Crippen LogP contribution in [0.4, 0.5) is 4.79 Å². The number of piperidine rings is 1. The van der Waals surface area contributed by atoms with Gasteiger partial charge in [-0.2, -0.15) is 0 Å². The molecule has 2 aliphatic rings. The van der Waals surface area contributed by atoms with Gasteiger partial charge in [0.2, 0.25) is 0 Å². The van der Waals surface area contributed by atoms with E-state index < -0.39 is 17.9 Å². The number of hydrogen-bond donors (Lipinski definition) is 0. The van der Waals surface area contributed by atoms with E-state index in [1.54, 1.807) is 4.90 Å². The average Bonchev–Trinajstić information content (AvgIpc) is 2.93. The molecule has 24 heavy (non-hydrogen) atoms. The number of benzene rings is 1. The molecule has 0 aliphatic carbocycles. The summed E-state index contributed by atoms with van der Waals surface area (Å²) < 4.78 is 0. The van der Waals surface area contributed by atoms with E-state index >= 15 is 0 Å². The van der Waals surface area contributed by atoms with Crippen LogP contribution in [0.2, 0.25) is 0 Å². The number of aryl methyl sites for hydroxylation is 1. The molecule has 3 amide bonds. The molecule has 6 heteroatoms. The number of carbonyl (C=O) groups is 3. The van der Waals surface area contributed by atoms with Gasteiger partial charge in [-0.15, -0.1) is 5.06 Å². The third kappa shape index (κ3) is 3.75. The molecule has 0 bridgehead atoms. The molecular weight excluding hydrogens is 308 g/mol. The molecule has 0 spiro atoms. The smallest absolute Gasteiger partial charge is 0.311 e. The van der Waals surface area contributed by atoms with Gasteiger partial charge in [-0.1, -0.05) is 30.3 Å². The van der Waals surface area contributed by atoms with Crippen LogP contribution >= 0.6 is 0 Å². The van der Waals surface area contributed by atoms with Crippen LogP contribution in [0.25, 0.3) is 0 Å². The Morgan fingerprint density at radius 1 is 1.08 bits per heavy atom. The first kappa shape index (κ1) is 16.5. The number of hydroxylamine groups is 2. The predicted molar refractivity (Wildman–Crippen MR) is 86.7 cm³/mol. The van der Waals surface area contributed by atoms with Gasteiger partial charge in [0, 0.05) is 25.4 Å². The largest absolute Gasteiger partial charge is 0.435 e. The number of hydrogen-bond acceptors (Lipinski definition) is 4. The molecule has 0 N–H and O–H groups in total. The van der Waals surface area contributed by atoms with E-state index in [1.165, 1.54) is 5.56 Å². The third-order valence-electron chi connectivity index (χ3n) is 4.65. The lowest BCUT2D eigenvalue weighted by molar-refractivity contribution is -0.174. The Balaban J connectivity index is 1.60. The molecule has 0 aromatic heterocycles. The van der Waals surface area contributed by atoms with Crippen LogP contribution in [0.3, 0.4) is 0 Å². The van der Waals surface area contributed by atoms with E-state index in [1.807, 2.05) is 18.2 Å². The van der Waals surface area contributed by atoms with Crippen molar-refractivity contribution in [2.45, 2.75) is 51.0 Å². The quantitative estimate of drug-likeness (QED) is 0.796. The first-order chi connectivity index (χ1) is 11.6. The molecule has 2 heterocycles. The van der Waals surface area contributed by atoms with Crippen LogP contribution in [-0.2, 0) is 20.8 Å². The Labute approximate surface area is 141 Å². The normalized spacial score (nSPS) is 21.2. The van der Waals surface area contributed by atoms with Crippen molar-refractivity contribution >= 4 is 17.9 Å². The van der Waals surface area contributed by atoms with Crippen molar-refractivity contribution in [2.75, 3.05) is 6.54 Å². The van der Waals surface area contributed by atoms with Crippen LogP contribution < -0.4 is 0 Å². The van der Waals surface area contributed by atoms with Gasteiger partial charge in [0.25, 0.3) is 11.8 Å². The van der Waals surface area contributed by atoms with Gasteiger partial charge in [-0.3, -0.25) is 9.59 Å². The zero-order valence-corrected chi connectivity index (χ0v) is 13.6. The number of likely N-dealkylation sites (tertiary alicyclic amines) is 1. The zero-order valence-electron chi connectivity index (χ0n) is 13.6. The minimum absolute atomic E-state index is 0.0827. The molecule has 6 nitrogen and oxygen atoms in total. The summed E-state index contributed by atoms with van der Waals surface area (Å²) in [4.78, 5) is 42.4. The number of carbonyl (C=O) groups excluding carboxylic acids is 3. The summed E-state index contributed by atoms with van der Waals surface area (Å²) in [5.74, 6) is -0.877. The van der Waals surface area contributed by atoms with E-state index in [0.717, 1.165) is 32.1 Å². The molecular formula is C18H22N2O4. The SMILES string of the molecule is O=C1CCC(=O)N1OC(=O)N1CCCC[C@H]1CCc1ccccc1. The van der Waals surface area contributed by atoms with E-state index in [4.69, 9.17) is 4.84 Å². The van der Waals surface area contributed by atoms with Gasteiger partial charge in [-0.25, -0.2) is 4.79 Å². The van der Waals surface area contributed by atoms with Gasteiger partial charge >= 0.3 is 6.09 Å². The molecule has 1 atom stereocenters. The minimum atomic E-state index is -0.587. The highest BCUT2D eigenvalue weighted by Gasteiger charge is 2.36. The molecule has 2 aliphatic heterocycles. The van der Waals surface area contributed by atoms with Crippen LogP contribution in [0, 0.1) is 0 Å². The maximum Gasteiger partial charge on any atom is 0.435 e. The summed E-state index contributed by atoms with van der Waals surface area (Å²) in [5, 5.41) is 0.630. The maximum atomic E-state index is 12.4. The van der Waals surface area contributed by atoms with Crippen molar-refractivity contribution in [1.82, 2.24) is 9.96 Å². The molecule has 1 aromatic rings. The van der Waals surface area contributed by atoms with Gasteiger partial charge < -0.3 is 9.74 Å². The standard InChI is InChI=1S/C18H22N2O4/c21-16-11-12-17(22)20(16)24-18(23)19-13-5-4-8-15(19)10-9-14-6-2-1-3-7-14/h1-3,6-7,15H,4-5,8-13H2/t15-/m0/s1. The van der Waals surface area contributed by atoms with E-state index in [0.29, 0.717) is 11.6 Å². The second-order valence-electron chi connectivity index (χ2n) is 6.31. The molecule has 3 rings (SSSR count). The summed E-state index contributed by atoms with van der Waals surface area (Å²) in [6.45, 7) is 0.606. The van der Waals surface area contributed by atoms with Crippen molar-refractivity contribution < 1.29 is 19.2 Å². The predicted octanol–water partition coefficient (Wildman–Crippen LogP) is 2.67. The average molecular weight is 330 g/mol. The molecule has 2 fully saturated rings. The van der Waals surface area contributed by atoms with Gasteiger partial charge in [0.15, 0.2) is 0 Å². The van der Waals surface area contributed by atoms with E-state index in [2.05, 4.69) is 12.1 Å². The van der Waals surface area contributed by atoms with E-state index in [9.17, 15) is 14.4 Å². The fraction of sp³-hybridized carbons (Fsp3) is 0.500. The van der Waals surface area contributed by atoms with Gasteiger partial charge in [-0.05, 0) is 37.7 Å². The van der Waals surface area contributed by atoms with Gasteiger partial charge in [0.05, 0.1) is 0 Å². The Morgan fingerprint density at radius 2 is 1.79 bits per heavy atom. The van der Waals surface area contributed by atoms with Crippen LogP contribution in [0.1, 0.15) is 44.1 Å². The van der Waals surface area contributed by atoms with Crippen LogP contribution in [0.15, 0.2) is 30.3 Å². The molecule has 0 radical (unpaired) electrons. The molecule has 128 valence electrons. The van der Waals surface area contributed by atoms with Crippen molar-refractivity contribution in [3.63, 3.8) is 0 Å². The first-order valence-corrected chi connectivity index (χ1v) is 8.53. The Morgan fingerprint density at radius 3 is 2.50 bits per heavy atom. The highest BCUT2D eigenvalue weighted by Crippen LogP contribution is 2.23. The Kier molecular flexibility index (Phi) is 5.13. The second-order valence-corrected chi connectivity index (χ2v) is 6.31. The first-order valence-electron chi connectivity index (χ1n) is 8.53. The second kappa shape index (κ2) is 7.47. The fourth-order valence-electron chi connectivity index (χ4n) is 3.31. The molecule has 1 aromatic carbocycles. The number of rotatable bonds is 4. The summed E-state index contributed by atoms with van der Waals surface area (Å²) in [7, 11) is 0. The lowest BCUT2D eigenvalue weighted by atomic mass is 9.96. The number of nitrogens with zero attached hydrogens (tertiary/aromatic N) is 2. The van der Waals surface area contributed by atoms with Crippen molar-refractivity contribution in [2.24, 2.45) is 0 Å². The summed E-state index contributed by atoms with van der Waals surface area (Å²) in [6.07, 6.45) is 4.29. The lowest BCUT2D eigenvalue weighted by Crippen LogP contribution is -2.47. The van der Waals surface area contributed by atoms with Crippen molar-refractivity contribution in [3.8, 4) is 0 Å². The monoisotopic (exact) mass is 330 g/mol. The maximum absolute atomic E-state index is 12.4. The summed E-state index contributed by atoms with van der Waals surface area (Å²) in [5.41, 5.74) is 1.24. The third-order valence-corrected chi connectivity index (χ3v) is 4.65. The summed E-state index contributed by atoms with van der Waals surface area (Å²) >= 11 is 0. The van der Waals surface area contributed by atoms with Crippen LogP contribution in [0.5, 0.6) is 0 Å².